The molecular weight excluding hydrogens is 500 g/mol. The van der Waals surface area contributed by atoms with Crippen molar-refractivity contribution in [3.8, 4) is 39.6 Å². The number of anilines is 1. The third-order valence-corrected chi connectivity index (χ3v) is 8.03. The average molecular weight is 525 g/mol. The molecule has 1 aliphatic heterocycles. The first-order valence-electron chi connectivity index (χ1n) is 11.8. The van der Waals surface area contributed by atoms with E-state index < -0.39 is 0 Å². The highest BCUT2D eigenvalue weighted by Gasteiger charge is 2.22. The molecule has 1 unspecified atom stereocenters. The van der Waals surface area contributed by atoms with E-state index in [-0.39, 0.29) is 17.5 Å². The van der Waals surface area contributed by atoms with Gasteiger partial charge in [-0.25, -0.2) is 9.97 Å². The second kappa shape index (κ2) is 11.0. The Morgan fingerprint density at radius 1 is 1.05 bits per heavy atom. The lowest BCUT2D eigenvalue weighted by Gasteiger charge is -2.15. The van der Waals surface area contributed by atoms with Crippen LogP contribution in [0.4, 0.5) is 5.82 Å². The number of thioether (sulfide) groups is 1. The van der Waals surface area contributed by atoms with Gasteiger partial charge < -0.3 is 15.8 Å². The van der Waals surface area contributed by atoms with Gasteiger partial charge in [-0.1, -0.05) is 53.7 Å². The summed E-state index contributed by atoms with van der Waals surface area (Å²) < 4.78 is 6.01. The number of thiazole rings is 1. The summed E-state index contributed by atoms with van der Waals surface area (Å²) in [7, 11) is 0. The Bertz CT molecular complexity index is 1490. The molecule has 184 valence electrons. The van der Waals surface area contributed by atoms with Gasteiger partial charge in [-0.2, -0.15) is 10.5 Å². The molecule has 1 aliphatic rings. The summed E-state index contributed by atoms with van der Waals surface area (Å²) in [6.45, 7) is 3.83. The maximum absolute atomic E-state index is 10.1. The minimum absolute atomic E-state index is 0.106. The molecule has 0 radical (unpaired) electrons. The fraction of sp³-hybridized carbons (Fsp3) is 0.214. The van der Waals surface area contributed by atoms with Gasteiger partial charge >= 0.3 is 0 Å². The van der Waals surface area contributed by atoms with Gasteiger partial charge in [-0.3, -0.25) is 0 Å². The van der Waals surface area contributed by atoms with Gasteiger partial charge in [0.15, 0.2) is 0 Å². The molecule has 4 aromatic rings. The highest BCUT2D eigenvalue weighted by atomic mass is 32.2. The molecule has 1 fully saturated rings. The van der Waals surface area contributed by atoms with E-state index in [9.17, 15) is 10.5 Å². The molecule has 0 aliphatic carbocycles. The molecule has 0 bridgehead atoms. The molecule has 0 saturated carbocycles. The maximum Gasteiger partial charge on any atom is 0.143 e. The number of nitriles is 2. The maximum atomic E-state index is 10.1. The van der Waals surface area contributed by atoms with Crippen molar-refractivity contribution in [1.29, 1.82) is 10.5 Å². The minimum atomic E-state index is 0.106. The number of nitrogens with two attached hydrogens (primary N) is 1. The summed E-state index contributed by atoms with van der Waals surface area (Å²) in [5.74, 6) is 1.38. The summed E-state index contributed by atoms with van der Waals surface area (Å²) in [5.41, 5.74) is 11.1. The van der Waals surface area contributed by atoms with Crippen molar-refractivity contribution >= 4 is 28.9 Å². The smallest absolute Gasteiger partial charge is 0.143 e. The molecule has 0 amide bonds. The largest absolute Gasteiger partial charge is 0.489 e. The zero-order chi connectivity index (χ0) is 25.8. The lowest BCUT2D eigenvalue weighted by atomic mass is 9.97. The Morgan fingerprint density at radius 2 is 1.78 bits per heavy atom. The number of nitrogens with zero attached hydrogens (tertiary/aromatic N) is 4. The van der Waals surface area contributed by atoms with Crippen molar-refractivity contribution < 1.29 is 4.74 Å². The van der Waals surface area contributed by atoms with E-state index in [1.165, 1.54) is 17.3 Å². The summed E-state index contributed by atoms with van der Waals surface area (Å²) in [6.07, 6.45) is 1.11. The predicted octanol–water partition coefficient (Wildman–Crippen LogP) is 5.54. The number of rotatable bonds is 7. The molecule has 2 aromatic heterocycles. The van der Waals surface area contributed by atoms with E-state index in [1.54, 1.807) is 11.3 Å². The third-order valence-electron chi connectivity index (χ3n) is 6.08. The van der Waals surface area contributed by atoms with Crippen LogP contribution in [0.2, 0.25) is 0 Å². The Balaban J connectivity index is 1.41. The molecule has 3 N–H and O–H groups in total. The van der Waals surface area contributed by atoms with Crippen molar-refractivity contribution in [2.45, 2.75) is 30.2 Å². The quantitative estimate of drug-likeness (QED) is 0.302. The predicted molar refractivity (Wildman–Crippen MR) is 147 cm³/mol. The summed E-state index contributed by atoms with van der Waals surface area (Å²) in [5, 5.41) is 26.6. The van der Waals surface area contributed by atoms with Crippen LogP contribution < -0.4 is 15.8 Å². The van der Waals surface area contributed by atoms with Crippen LogP contribution in [0.1, 0.15) is 28.8 Å². The van der Waals surface area contributed by atoms with Gasteiger partial charge in [-0.05, 0) is 37.6 Å². The highest BCUT2D eigenvalue weighted by molar-refractivity contribution is 7.98. The topological polar surface area (TPSA) is 121 Å². The van der Waals surface area contributed by atoms with E-state index in [2.05, 4.69) is 53.6 Å². The van der Waals surface area contributed by atoms with Crippen LogP contribution in [0.15, 0.2) is 58.9 Å². The number of hydrogen-bond donors (Lipinski definition) is 2. The standard InChI is InChI=1S/C28H24N6OS2/c1-17-2-4-19(5-3-17)27-33-20(15-36-27)16-37-28-24(13-30)25(23(12-29)26(31)34-28)18-6-8-21(9-7-18)35-22-10-11-32-14-22/h2-9,15,22,32H,10-11,14,16H2,1H3,(H2,31,34). The number of hydrogen-bond acceptors (Lipinski definition) is 9. The van der Waals surface area contributed by atoms with Gasteiger partial charge in [0.2, 0.25) is 0 Å². The first-order valence-corrected chi connectivity index (χ1v) is 13.7. The monoisotopic (exact) mass is 524 g/mol. The fourth-order valence-electron chi connectivity index (χ4n) is 4.16. The lowest BCUT2D eigenvalue weighted by molar-refractivity contribution is 0.223. The first kappa shape index (κ1) is 24.8. The van der Waals surface area contributed by atoms with Crippen molar-refractivity contribution in [3.63, 3.8) is 0 Å². The normalized spacial score (nSPS) is 14.7. The Labute approximate surface area is 224 Å². The zero-order valence-corrected chi connectivity index (χ0v) is 21.8. The van der Waals surface area contributed by atoms with Crippen LogP contribution in [0.25, 0.3) is 21.7 Å². The van der Waals surface area contributed by atoms with Crippen LogP contribution in [-0.2, 0) is 5.75 Å². The third kappa shape index (κ3) is 5.45. The number of ether oxygens (including phenoxy) is 1. The van der Waals surface area contributed by atoms with Crippen molar-refractivity contribution in [2.75, 3.05) is 18.8 Å². The molecule has 3 heterocycles. The van der Waals surface area contributed by atoms with Crippen LogP contribution in [0.3, 0.4) is 0 Å². The summed E-state index contributed by atoms with van der Waals surface area (Å²) in [4.78, 5) is 9.17. The van der Waals surface area contributed by atoms with E-state index in [1.807, 2.05) is 29.6 Å². The molecule has 5 rings (SSSR count). The van der Waals surface area contributed by atoms with Crippen LogP contribution in [0.5, 0.6) is 5.75 Å². The van der Waals surface area contributed by atoms with Gasteiger partial charge in [0.1, 0.15) is 45.4 Å². The molecule has 1 saturated heterocycles. The first-order chi connectivity index (χ1) is 18.1. The van der Waals surface area contributed by atoms with Gasteiger partial charge in [0.05, 0.1) is 11.3 Å². The SMILES string of the molecule is Cc1ccc(-c2nc(CSc3nc(N)c(C#N)c(-c4ccc(OC5CCNC5)cc4)c3C#N)cs2)cc1. The number of nitrogen functional groups attached to an aromatic ring is 1. The van der Waals surface area contributed by atoms with Crippen molar-refractivity contribution in [3.05, 3.63) is 76.3 Å². The van der Waals surface area contributed by atoms with Crippen LogP contribution >= 0.6 is 23.1 Å². The van der Waals surface area contributed by atoms with E-state index >= 15 is 0 Å². The molecule has 37 heavy (non-hydrogen) atoms. The van der Waals surface area contributed by atoms with Crippen LogP contribution in [0, 0.1) is 29.6 Å². The second-order valence-corrected chi connectivity index (χ2v) is 10.5. The summed E-state index contributed by atoms with van der Waals surface area (Å²) in [6, 6.07) is 20.1. The number of aryl methyl sites for hydroxylation is 1. The molecule has 9 heteroatoms. The minimum Gasteiger partial charge on any atom is -0.489 e. The van der Waals surface area contributed by atoms with E-state index in [4.69, 9.17) is 15.5 Å². The van der Waals surface area contributed by atoms with Crippen molar-refractivity contribution in [1.82, 2.24) is 15.3 Å². The lowest BCUT2D eigenvalue weighted by Crippen LogP contribution is -2.19. The van der Waals surface area contributed by atoms with E-state index in [0.29, 0.717) is 21.9 Å². The number of nitrogens with one attached hydrogen (secondary N) is 1. The molecule has 0 spiro atoms. The Kier molecular flexibility index (Phi) is 7.38. The summed E-state index contributed by atoms with van der Waals surface area (Å²) >= 11 is 2.97. The Morgan fingerprint density at radius 3 is 2.46 bits per heavy atom. The van der Waals surface area contributed by atoms with Crippen molar-refractivity contribution in [2.24, 2.45) is 0 Å². The van der Waals surface area contributed by atoms with Gasteiger partial charge in [0, 0.05) is 28.8 Å². The number of pyridine rings is 1. The van der Waals surface area contributed by atoms with E-state index in [0.717, 1.165) is 47.1 Å². The molecule has 7 nitrogen and oxygen atoms in total. The van der Waals surface area contributed by atoms with Crippen LogP contribution in [-0.4, -0.2) is 29.2 Å². The average Bonchev–Trinajstić information content (AvgIpc) is 3.60. The molecule has 1 atom stereocenters. The second-order valence-electron chi connectivity index (χ2n) is 8.71. The molecule has 2 aromatic carbocycles. The Hall–Kier alpha value is -3.89. The highest BCUT2D eigenvalue weighted by Crippen LogP contribution is 2.37. The molecular formula is C28H24N6OS2. The number of benzene rings is 2. The van der Waals surface area contributed by atoms with Gasteiger partial charge in [0.25, 0.3) is 0 Å². The fourth-order valence-corrected chi connectivity index (χ4v) is 5.98. The number of aromatic nitrogens is 2. The zero-order valence-electron chi connectivity index (χ0n) is 20.2. The van der Waals surface area contributed by atoms with Gasteiger partial charge in [-0.15, -0.1) is 11.3 Å².